The van der Waals surface area contributed by atoms with Gasteiger partial charge in [0.25, 0.3) is 0 Å². The molecule has 1 aromatic carbocycles. The van der Waals surface area contributed by atoms with Gasteiger partial charge in [0.05, 0.1) is 7.11 Å². The number of hydrogen-bond donors (Lipinski definition) is 1. The molecule has 2 aliphatic rings. The summed E-state index contributed by atoms with van der Waals surface area (Å²) in [6.45, 7) is 2.12. The first-order chi connectivity index (χ1) is 9.76. The van der Waals surface area contributed by atoms with Crippen LogP contribution in [0.25, 0.3) is 0 Å². The number of thiophene rings is 1. The van der Waals surface area contributed by atoms with E-state index in [1.807, 2.05) is 23.5 Å². The highest BCUT2D eigenvalue weighted by Crippen LogP contribution is 2.42. The summed E-state index contributed by atoms with van der Waals surface area (Å²) in [5.41, 5.74) is 4.07. The molecule has 104 valence electrons. The van der Waals surface area contributed by atoms with Crippen LogP contribution < -0.4 is 4.74 Å². The van der Waals surface area contributed by atoms with E-state index in [2.05, 4.69) is 16.3 Å². The number of aromatic hydroxyl groups is 1. The molecule has 1 N–H and O–H groups in total. The molecule has 0 bridgehead atoms. The van der Waals surface area contributed by atoms with Gasteiger partial charge in [-0.15, -0.1) is 11.3 Å². The van der Waals surface area contributed by atoms with Gasteiger partial charge in [-0.2, -0.15) is 0 Å². The first-order valence-corrected chi connectivity index (χ1v) is 7.83. The normalized spacial score (nSPS) is 20.9. The first-order valence-electron chi connectivity index (χ1n) is 6.95. The van der Waals surface area contributed by atoms with Crippen LogP contribution in [0.1, 0.15) is 27.6 Å². The first kappa shape index (κ1) is 12.2. The Morgan fingerprint density at radius 1 is 1.35 bits per heavy atom. The van der Waals surface area contributed by atoms with Crippen molar-refractivity contribution in [2.45, 2.75) is 25.4 Å². The van der Waals surface area contributed by atoms with Crippen molar-refractivity contribution in [3.8, 4) is 11.5 Å². The third kappa shape index (κ3) is 1.75. The maximum absolute atomic E-state index is 10.1. The molecule has 4 heteroatoms. The Balaban J connectivity index is 1.78. The molecule has 20 heavy (non-hydrogen) atoms. The highest BCUT2D eigenvalue weighted by atomic mass is 32.1. The molecule has 2 aromatic rings. The summed E-state index contributed by atoms with van der Waals surface area (Å²) in [5.74, 6) is 0.842. The predicted molar refractivity (Wildman–Crippen MR) is 79.5 cm³/mol. The number of methoxy groups -OCH3 is 1. The molecule has 0 aliphatic carbocycles. The van der Waals surface area contributed by atoms with Gasteiger partial charge in [0, 0.05) is 30.4 Å². The van der Waals surface area contributed by atoms with Gasteiger partial charge in [-0.05, 0) is 46.7 Å². The summed E-state index contributed by atoms with van der Waals surface area (Å²) >= 11 is 1.85. The maximum atomic E-state index is 10.1. The molecule has 0 unspecified atom stereocenters. The monoisotopic (exact) mass is 287 g/mol. The van der Waals surface area contributed by atoms with E-state index in [1.165, 1.54) is 21.6 Å². The Morgan fingerprint density at radius 3 is 3.10 bits per heavy atom. The molecular formula is C16H17NO2S. The zero-order valence-electron chi connectivity index (χ0n) is 11.4. The number of nitrogens with zero attached hydrogens (tertiary/aromatic N) is 1. The Morgan fingerprint density at radius 2 is 2.25 bits per heavy atom. The SMILES string of the molecule is COc1cc2c(cc1O)[C@@H]1Cc3sccc3CN1CC2. The van der Waals surface area contributed by atoms with Crippen molar-refractivity contribution in [2.75, 3.05) is 13.7 Å². The van der Waals surface area contributed by atoms with Gasteiger partial charge in [0.1, 0.15) is 0 Å². The molecule has 0 radical (unpaired) electrons. The number of phenolic OH excluding ortho intramolecular Hbond substituents is 1. The summed E-state index contributed by atoms with van der Waals surface area (Å²) < 4.78 is 5.23. The molecular weight excluding hydrogens is 270 g/mol. The molecule has 1 atom stereocenters. The van der Waals surface area contributed by atoms with Gasteiger partial charge in [-0.3, -0.25) is 4.90 Å². The van der Waals surface area contributed by atoms with E-state index in [0.29, 0.717) is 11.8 Å². The lowest BCUT2D eigenvalue weighted by Gasteiger charge is -2.40. The Labute approximate surface area is 122 Å². The van der Waals surface area contributed by atoms with Gasteiger partial charge in [-0.25, -0.2) is 0 Å². The van der Waals surface area contributed by atoms with Crippen LogP contribution in [0.4, 0.5) is 0 Å². The van der Waals surface area contributed by atoms with Crippen LogP contribution in [0.3, 0.4) is 0 Å². The van der Waals surface area contributed by atoms with Crippen molar-refractivity contribution in [2.24, 2.45) is 0 Å². The zero-order chi connectivity index (χ0) is 13.7. The standard InChI is InChI=1S/C16H17NO2S/c1-19-15-6-10-2-4-17-9-11-3-5-20-16(11)8-13(17)12(10)7-14(15)18/h3,5-7,13,18H,2,4,8-9H2,1H3/t13-/m0/s1. The van der Waals surface area contributed by atoms with Crippen molar-refractivity contribution in [1.29, 1.82) is 0 Å². The average molecular weight is 287 g/mol. The lowest BCUT2D eigenvalue weighted by molar-refractivity contribution is 0.162. The van der Waals surface area contributed by atoms with Crippen LogP contribution in [0.2, 0.25) is 0 Å². The van der Waals surface area contributed by atoms with Crippen molar-refractivity contribution in [3.63, 3.8) is 0 Å². The number of benzene rings is 1. The van der Waals surface area contributed by atoms with Crippen LogP contribution in [0, 0.1) is 0 Å². The van der Waals surface area contributed by atoms with Crippen molar-refractivity contribution in [1.82, 2.24) is 4.90 Å². The summed E-state index contributed by atoms with van der Waals surface area (Å²) in [4.78, 5) is 4.03. The van der Waals surface area contributed by atoms with Gasteiger partial charge in [0.15, 0.2) is 11.5 Å². The van der Waals surface area contributed by atoms with Gasteiger partial charge in [-0.1, -0.05) is 0 Å². The highest BCUT2D eigenvalue weighted by molar-refractivity contribution is 7.10. The van der Waals surface area contributed by atoms with E-state index in [0.717, 1.165) is 25.9 Å². The Hall–Kier alpha value is -1.52. The minimum atomic E-state index is 0.255. The van der Waals surface area contributed by atoms with E-state index in [-0.39, 0.29) is 5.75 Å². The molecule has 0 amide bonds. The molecule has 3 heterocycles. The van der Waals surface area contributed by atoms with E-state index in [9.17, 15) is 5.11 Å². The van der Waals surface area contributed by atoms with Crippen LogP contribution in [0.15, 0.2) is 23.6 Å². The summed E-state index contributed by atoms with van der Waals surface area (Å²) in [7, 11) is 1.61. The minimum absolute atomic E-state index is 0.255. The van der Waals surface area contributed by atoms with Crippen LogP contribution >= 0.6 is 11.3 Å². The average Bonchev–Trinajstić information content (AvgIpc) is 2.91. The molecule has 0 saturated carbocycles. The lowest BCUT2D eigenvalue weighted by Crippen LogP contribution is -2.38. The van der Waals surface area contributed by atoms with Crippen LogP contribution in [-0.2, 0) is 19.4 Å². The molecule has 2 aliphatic heterocycles. The second-order valence-corrected chi connectivity index (χ2v) is 6.53. The topological polar surface area (TPSA) is 32.7 Å². The minimum Gasteiger partial charge on any atom is -0.504 e. The fourth-order valence-electron chi connectivity index (χ4n) is 3.44. The van der Waals surface area contributed by atoms with Crippen molar-refractivity contribution >= 4 is 11.3 Å². The number of rotatable bonds is 1. The maximum Gasteiger partial charge on any atom is 0.160 e. The molecule has 0 saturated heterocycles. The number of phenols is 1. The fraction of sp³-hybridized carbons (Fsp3) is 0.375. The van der Waals surface area contributed by atoms with Crippen molar-refractivity contribution < 1.29 is 9.84 Å². The van der Waals surface area contributed by atoms with E-state index >= 15 is 0 Å². The Bertz CT molecular complexity index is 664. The van der Waals surface area contributed by atoms with Crippen LogP contribution in [0.5, 0.6) is 11.5 Å². The Kier molecular flexibility index (Phi) is 2.75. The molecule has 0 spiro atoms. The predicted octanol–water partition coefficient (Wildman–Crippen LogP) is 3.12. The van der Waals surface area contributed by atoms with Crippen LogP contribution in [-0.4, -0.2) is 23.7 Å². The van der Waals surface area contributed by atoms with E-state index < -0.39 is 0 Å². The molecule has 1 aromatic heterocycles. The number of hydrogen-bond acceptors (Lipinski definition) is 4. The third-order valence-electron chi connectivity index (χ3n) is 4.50. The smallest absolute Gasteiger partial charge is 0.160 e. The second-order valence-electron chi connectivity index (χ2n) is 5.53. The summed E-state index contributed by atoms with van der Waals surface area (Å²) in [5, 5.41) is 12.3. The number of ether oxygens (including phenoxy) is 1. The quantitative estimate of drug-likeness (QED) is 0.874. The highest BCUT2D eigenvalue weighted by Gasteiger charge is 2.33. The largest absolute Gasteiger partial charge is 0.504 e. The lowest BCUT2D eigenvalue weighted by atomic mass is 9.87. The molecule has 3 nitrogen and oxygen atoms in total. The summed E-state index contributed by atoms with van der Waals surface area (Å²) in [6, 6.07) is 6.56. The number of fused-ring (bicyclic) bond motifs is 4. The van der Waals surface area contributed by atoms with Gasteiger partial charge < -0.3 is 9.84 Å². The van der Waals surface area contributed by atoms with E-state index in [1.54, 1.807) is 7.11 Å². The third-order valence-corrected chi connectivity index (χ3v) is 5.48. The van der Waals surface area contributed by atoms with Crippen molar-refractivity contribution in [3.05, 3.63) is 45.1 Å². The fourth-order valence-corrected chi connectivity index (χ4v) is 4.38. The zero-order valence-corrected chi connectivity index (χ0v) is 12.2. The molecule has 4 rings (SSSR count). The molecule has 0 fully saturated rings. The van der Waals surface area contributed by atoms with Gasteiger partial charge >= 0.3 is 0 Å². The van der Waals surface area contributed by atoms with Gasteiger partial charge in [0.2, 0.25) is 0 Å². The summed E-state index contributed by atoms with van der Waals surface area (Å²) in [6.07, 6.45) is 2.09. The van der Waals surface area contributed by atoms with E-state index in [4.69, 9.17) is 4.74 Å². The second kappa shape index (κ2) is 4.50.